The summed E-state index contributed by atoms with van der Waals surface area (Å²) in [4.78, 5) is 18.2. The van der Waals surface area contributed by atoms with Crippen molar-refractivity contribution in [3.05, 3.63) is 47.2 Å². The number of fused-ring (bicyclic) bond motifs is 1. The van der Waals surface area contributed by atoms with Gasteiger partial charge in [0.15, 0.2) is 0 Å². The second-order valence-corrected chi connectivity index (χ2v) is 6.47. The molecule has 126 valence electrons. The van der Waals surface area contributed by atoms with E-state index in [0.717, 1.165) is 64.0 Å². The van der Waals surface area contributed by atoms with E-state index in [1.807, 2.05) is 19.3 Å². The molecule has 0 unspecified atom stereocenters. The molecule has 6 heteroatoms. The zero-order chi connectivity index (χ0) is 16.4. The van der Waals surface area contributed by atoms with Gasteiger partial charge in [0.25, 0.3) is 0 Å². The molecule has 2 aliphatic heterocycles. The maximum Gasteiger partial charge on any atom is 0.128 e. The van der Waals surface area contributed by atoms with Crippen molar-refractivity contribution < 1.29 is 4.74 Å². The Morgan fingerprint density at radius 3 is 2.75 bits per heavy atom. The summed E-state index contributed by atoms with van der Waals surface area (Å²) >= 11 is 0. The Morgan fingerprint density at radius 1 is 1.08 bits per heavy atom. The van der Waals surface area contributed by atoms with E-state index < -0.39 is 0 Å². The lowest BCUT2D eigenvalue weighted by atomic mass is 10.1. The molecule has 6 nitrogen and oxygen atoms in total. The topological polar surface area (TPSA) is 54.4 Å². The van der Waals surface area contributed by atoms with Crippen LogP contribution in [-0.2, 0) is 24.2 Å². The third kappa shape index (κ3) is 3.39. The van der Waals surface area contributed by atoms with Crippen LogP contribution in [0.15, 0.2) is 24.5 Å². The van der Waals surface area contributed by atoms with Gasteiger partial charge >= 0.3 is 0 Å². The lowest BCUT2D eigenvalue weighted by molar-refractivity contribution is 0.122. The quantitative estimate of drug-likeness (QED) is 0.854. The molecule has 1 fully saturated rings. The normalized spacial score (nSPS) is 18.5. The van der Waals surface area contributed by atoms with Crippen molar-refractivity contribution in [3.8, 4) is 0 Å². The minimum absolute atomic E-state index is 0.790. The summed E-state index contributed by atoms with van der Waals surface area (Å²) in [6, 6.07) is 4.32. The Labute approximate surface area is 142 Å². The van der Waals surface area contributed by atoms with Gasteiger partial charge in [0, 0.05) is 62.8 Å². The lowest BCUT2D eigenvalue weighted by Gasteiger charge is -2.29. The average Bonchev–Trinajstić information content (AvgIpc) is 2.63. The Morgan fingerprint density at radius 2 is 1.96 bits per heavy atom. The molecule has 2 aromatic heterocycles. The van der Waals surface area contributed by atoms with Gasteiger partial charge in [-0.1, -0.05) is 6.07 Å². The largest absolute Gasteiger partial charge is 0.378 e. The van der Waals surface area contributed by atoms with Crippen molar-refractivity contribution in [2.24, 2.45) is 0 Å². The number of aryl methyl sites for hydroxylation is 1. The van der Waals surface area contributed by atoms with Crippen molar-refractivity contribution >= 4 is 5.82 Å². The fraction of sp³-hybridized carbons (Fsp3) is 0.500. The van der Waals surface area contributed by atoms with Gasteiger partial charge in [-0.2, -0.15) is 0 Å². The summed E-state index contributed by atoms with van der Waals surface area (Å²) in [6.07, 6.45) is 4.98. The molecule has 0 aliphatic carbocycles. The fourth-order valence-corrected chi connectivity index (χ4v) is 3.36. The van der Waals surface area contributed by atoms with Gasteiger partial charge in [-0.3, -0.25) is 4.90 Å². The number of pyridine rings is 1. The molecule has 2 aliphatic rings. The number of hydrogen-bond donors (Lipinski definition) is 0. The molecule has 1 saturated heterocycles. The number of nitrogens with zero attached hydrogens (tertiary/aromatic N) is 5. The average molecular weight is 325 g/mol. The molecule has 4 heterocycles. The minimum Gasteiger partial charge on any atom is -0.378 e. The number of hydrogen-bond acceptors (Lipinski definition) is 6. The van der Waals surface area contributed by atoms with E-state index in [4.69, 9.17) is 4.74 Å². The van der Waals surface area contributed by atoms with Crippen molar-refractivity contribution in [1.29, 1.82) is 0 Å². The maximum absolute atomic E-state index is 5.40. The number of morpholine rings is 1. The van der Waals surface area contributed by atoms with E-state index in [1.165, 1.54) is 16.8 Å². The monoisotopic (exact) mass is 325 g/mol. The summed E-state index contributed by atoms with van der Waals surface area (Å²) in [6.45, 7) is 8.26. The molecule has 0 aromatic carbocycles. The zero-order valence-electron chi connectivity index (χ0n) is 14.1. The first-order valence-corrected chi connectivity index (χ1v) is 8.59. The van der Waals surface area contributed by atoms with Crippen LogP contribution in [0, 0.1) is 6.92 Å². The van der Waals surface area contributed by atoms with Gasteiger partial charge in [-0.15, -0.1) is 0 Å². The van der Waals surface area contributed by atoms with Crippen molar-refractivity contribution in [3.63, 3.8) is 0 Å². The summed E-state index contributed by atoms with van der Waals surface area (Å²) in [5, 5.41) is 0. The molecular weight excluding hydrogens is 302 g/mol. The summed E-state index contributed by atoms with van der Waals surface area (Å²) in [5.41, 5.74) is 3.72. The third-order valence-corrected chi connectivity index (χ3v) is 4.68. The maximum atomic E-state index is 5.40. The molecule has 2 aromatic rings. The van der Waals surface area contributed by atoms with Crippen molar-refractivity contribution in [1.82, 2.24) is 19.9 Å². The van der Waals surface area contributed by atoms with Crippen LogP contribution < -0.4 is 4.90 Å². The molecule has 0 bridgehead atoms. The van der Waals surface area contributed by atoms with Crippen LogP contribution in [0.4, 0.5) is 5.82 Å². The van der Waals surface area contributed by atoms with Crippen LogP contribution in [0.5, 0.6) is 0 Å². The minimum atomic E-state index is 0.790. The van der Waals surface area contributed by atoms with Gasteiger partial charge in [-0.05, 0) is 18.6 Å². The first-order chi connectivity index (χ1) is 11.8. The smallest absolute Gasteiger partial charge is 0.128 e. The van der Waals surface area contributed by atoms with Crippen LogP contribution >= 0.6 is 0 Å². The van der Waals surface area contributed by atoms with E-state index in [0.29, 0.717) is 0 Å². The second-order valence-electron chi connectivity index (χ2n) is 6.47. The van der Waals surface area contributed by atoms with Crippen LogP contribution in [0.25, 0.3) is 0 Å². The highest BCUT2D eigenvalue weighted by Gasteiger charge is 2.18. The molecule has 0 atom stereocenters. The van der Waals surface area contributed by atoms with E-state index in [1.54, 1.807) is 0 Å². The molecule has 0 spiro atoms. The molecule has 0 saturated carbocycles. The first kappa shape index (κ1) is 15.5. The standard InChI is InChI=1S/C18H23N5O/c1-14-19-11-16-13-22(5-4-17(16)21-14)12-15-2-3-18(20-10-15)23-6-8-24-9-7-23/h2-3,10-11H,4-9,12-13H2,1H3. The van der Waals surface area contributed by atoms with Gasteiger partial charge in [0.1, 0.15) is 11.6 Å². The highest BCUT2D eigenvalue weighted by atomic mass is 16.5. The molecular formula is C18H23N5O. The molecule has 24 heavy (non-hydrogen) atoms. The van der Waals surface area contributed by atoms with Crippen LogP contribution in [-0.4, -0.2) is 52.7 Å². The predicted molar refractivity (Wildman–Crippen MR) is 91.9 cm³/mol. The third-order valence-electron chi connectivity index (χ3n) is 4.68. The zero-order valence-corrected chi connectivity index (χ0v) is 14.1. The number of anilines is 1. The molecule has 4 rings (SSSR count). The van der Waals surface area contributed by atoms with Crippen LogP contribution in [0.1, 0.15) is 22.6 Å². The van der Waals surface area contributed by atoms with Crippen LogP contribution in [0.2, 0.25) is 0 Å². The first-order valence-electron chi connectivity index (χ1n) is 8.59. The Balaban J connectivity index is 1.40. The summed E-state index contributed by atoms with van der Waals surface area (Å²) in [5.74, 6) is 1.92. The van der Waals surface area contributed by atoms with E-state index >= 15 is 0 Å². The van der Waals surface area contributed by atoms with Crippen molar-refractivity contribution in [2.45, 2.75) is 26.4 Å². The SMILES string of the molecule is Cc1ncc2c(n1)CCN(Cc1ccc(N3CCOCC3)nc1)C2. The highest BCUT2D eigenvalue weighted by Crippen LogP contribution is 2.19. The van der Waals surface area contributed by atoms with Gasteiger partial charge in [-0.25, -0.2) is 15.0 Å². The predicted octanol–water partition coefficient (Wildman–Crippen LogP) is 1.57. The Hall–Kier alpha value is -2.05. The summed E-state index contributed by atoms with van der Waals surface area (Å²) < 4.78 is 5.40. The van der Waals surface area contributed by atoms with Crippen molar-refractivity contribution in [2.75, 3.05) is 37.7 Å². The van der Waals surface area contributed by atoms with Crippen LogP contribution in [0.3, 0.4) is 0 Å². The fourth-order valence-electron chi connectivity index (χ4n) is 3.36. The Bertz CT molecular complexity index is 697. The second kappa shape index (κ2) is 6.83. The number of aromatic nitrogens is 3. The molecule has 0 N–H and O–H groups in total. The Kier molecular flexibility index (Phi) is 4.40. The van der Waals surface area contributed by atoms with Gasteiger partial charge in [0.2, 0.25) is 0 Å². The highest BCUT2D eigenvalue weighted by molar-refractivity contribution is 5.39. The number of ether oxygens (including phenoxy) is 1. The van der Waals surface area contributed by atoms with E-state index in [2.05, 4.69) is 36.9 Å². The summed E-state index contributed by atoms with van der Waals surface area (Å²) in [7, 11) is 0. The van der Waals surface area contributed by atoms with Gasteiger partial charge < -0.3 is 9.64 Å². The number of rotatable bonds is 3. The van der Waals surface area contributed by atoms with E-state index in [9.17, 15) is 0 Å². The van der Waals surface area contributed by atoms with E-state index in [-0.39, 0.29) is 0 Å². The molecule has 0 radical (unpaired) electrons. The molecule has 0 amide bonds. The van der Waals surface area contributed by atoms with Gasteiger partial charge in [0.05, 0.1) is 13.2 Å². The lowest BCUT2D eigenvalue weighted by Crippen LogP contribution is -2.36.